The molecular formula is C13H25NO. The predicted octanol–water partition coefficient (Wildman–Crippen LogP) is 2.58. The van der Waals surface area contributed by atoms with E-state index >= 15 is 0 Å². The highest BCUT2D eigenvalue weighted by molar-refractivity contribution is 4.95. The summed E-state index contributed by atoms with van der Waals surface area (Å²) in [4.78, 5) is 0. The van der Waals surface area contributed by atoms with Gasteiger partial charge in [-0.25, -0.2) is 0 Å². The van der Waals surface area contributed by atoms with E-state index in [2.05, 4.69) is 12.2 Å². The van der Waals surface area contributed by atoms with Crippen LogP contribution in [-0.2, 0) is 4.74 Å². The molecule has 2 heteroatoms. The maximum absolute atomic E-state index is 5.73. The lowest BCUT2D eigenvalue weighted by Gasteiger charge is -2.39. The second-order valence-corrected chi connectivity index (χ2v) is 5.21. The zero-order valence-electron chi connectivity index (χ0n) is 10.2. The number of hydrogen-bond acceptors (Lipinski definition) is 2. The zero-order valence-corrected chi connectivity index (χ0v) is 10.2. The molecule has 0 bridgehead atoms. The largest absolute Gasteiger partial charge is 0.380 e. The van der Waals surface area contributed by atoms with Gasteiger partial charge in [0.25, 0.3) is 0 Å². The van der Waals surface area contributed by atoms with Crippen molar-refractivity contribution in [1.29, 1.82) is 0 Å². The third-order valence-electron chi connectivity index (χ3n) is 4.00. The summed E-state index contributed by atoms with van der Waals surface area (Å²) < 4.78 is 5.73. The first-order valence-corrected chi connectivity index (χ1v) is 6.63. The average molecular weight is 211 g/mol. The molecule has 0 aliphatic heterocycles. The first kappa shape index (κ1) is 11.4. The van der Waals surface area contributed by atoms with Gasteiger partial charge < -0.3 is 10.1 Å². The Hall–Kier alpha value is -0.0800. The van der Waals surface area contributed by atoms with Gasteiger partial charge in [0.1, 0.15) is 0 Å². The molecule has 0 radical (unpaired) electrons. The molecule has 2 saturated carbocycles. The molecule has 0 amide bonds. The van der Waals surface area contributed by atoms with Crippen LogP contribution in [0.2, 0.25) is 0 Å². The quantitative estimate of drug-likeness (QED) is 0.699. The Morgan fingerprint density at radius 3 is 2.33 bits per heavy atom. The Labute approximate surface area is 93.8 Å². The number of methoxy groups -OCH3 is 1. The van der Waals surface area contributed by atoms with Gasteiger partial charge in [-0.15, -0.1) is 0 Å². The van der Waals surface area contributed by atoms with Crippen molar-refractivity contribution in [3.05, 3.63) is 0 Å². The Balaban J connectivity index is 1.88. The Morgan fingerprint density at radius 2 is 1.93 bits per heavy atom. The molecular weight excluding hydrogens is 186 g/mol. The van der Waals surface area contributed by atoms with E-state index in [4.69, 9.17) is 4.74 Å². The van der Waals surface area contributed by atoms with Crippen molar-refractivity contribution in [2.45, 2.75) is 57.6 Å². The summed E-state index contributed by atoms with van der Waals surface area (Å²) in [6.07, 6.45) is 8.73. The minimum absolute atomic E-state index is 0.488. The number of hydrogen-bond donors (Lipinski definition) is 1. The van der Waals surface area contributed by atoms with Crippen LogP contribution >= 0.6 is 0 Å². The molecule has 0 aromatic heterocycles. The van der Waals surface area contributed by atoms with Crippen LogP contribution in [0.5, 0.6) is 0 Å². The highest BCUT2D eigenvalue weighted by atomic mass is 16.5. The Bertz CT molecular complexity index is 187. The lowest BCUT2D eigenvalue weighted by molar-refractivity contribution is 0.0156. The fourth-order valence-electron chi connectivity index (χ4n) is 2.72. The van der Waals surface area contributed by atoms with Crippen molar-refractivity contribution in [1.82, 2.24) is 5.32 Å². The van der Waals surface area contributed by atoms with E-state index in [1.165, 1.54) is 38.5 Å². The van der Waals surface area contributed by atoms with Crippen molar-refractivity contribution < 1.29 is 4.74 Å². The highest BCUT2D eigenvalue weighted by Crippen LogP contribution is 2.40. The molecule has 0 heterocycles. The van der Waals surface area contributed by atoms with Crippen LogP contribution in [0.4, 0.5) is 0 Å². The van der Waals surface area contributed by atoms with Crippen LogP contribution in [0.3, 0.4) is 0 Å². The van der Waals surface area contributed by atoms with Gasteiger partial charge in [-0.1, -0.05) is 13.3 Å². The fourth-order valence-corrected chi connectivity index (χ4v) is 2.72. The van der Waals surface area contributed by atoms with Crippen LogP contribution in [0, 0.1) is 11.8 Å². The van der Waals surface area contributed by atoms with Gasteiger partial charge in [-0.3, -0.25) is 0 Å². The zero-order chi connectivity index (χ0) is 10.7. The van der Waals surface area contributed by atoms with Crippen molar-refractivity contribution in [2.75, 3.05) is 13.7 Å². The number of nitrogens with one attached hydrogen (secondary N) is 1. The summed E-state index contributed by atoms with van der Waals surface area (Å²) in [5.74, 6) is 1.74. The maximum Gasteiger partial charge on any atom is 0.0755 e. The van der Waals surface area contributed by atoms with E-state index in [9.17, 15) is 0 Å². The van der Waals surface area contributed by atoms with Crippen molar-refractivity contribution in [3.8, 4) is 0 Å². The molecule has 2 aliphatic rings. The minimum atomic E-state index is 0.488. The minimum Gasteiger partial charge on any atom is -0.380 e. The Kier molecular flexibility index (Phi) is 4.04. The molecule has 0 spiro atoms. The van der Waals surface area contributed by atoms with Crippen LogP contribution in [-0.4, -0.2) is 25.8 Å². The molecule has 0 aromatic rings. The van der Waals surface area contributed by atoms with Crippen LogP contribution < -0.4 is 5.32 Å². The lowest BCUT2D eigenvalue weighted by Crippen LogP contribution is -2.49. The van der Waals surface area contributed by atoms with Crippen molar-refractivity contribution >= 4 is 0 Å². The second-order valence-electron chi connectivity index (χ2n) is 5.21. The van der Waals surface area contributed by atoms with E-state index in [0.29, 0.717) is 12.1 Å². The van der Waals surface area contributed by atoms with E-state index in [1.807, 2.05) is 7.11 Å². The lowest BCUT2D eigenvalue weighted by atomic mass is 9.76. The summed E-state index contributed by atoms with van der Waals surface area (Å²) in [5.41, 5.74) is 0. The predicted molar refractivity (Wildman–Crippen MR) is 62.9 cm³/mol. The fraction of sp³-hybridized carbons (Fsp3) is 1.00. The van der Waals surface area contributed by atoms with E-state index in [0.717, 1.165) is 18.4 Å². The molecule has 2 nitrogen and oxygen atoms in total. The van der Waals surface area contributed by atoms with Gasteiger partial charge in [-0.2, -0.15) is 0 Å². The van der Waals surface area contributed by atoms with E-state index in [-0.39, 0.29) is 0 Å². The average Bonchev–Trinajstić information content (AvgIpc) is 2.96. The summed E-state index contributed by atoms with van der Waals surface area (Å²) in [5, 5.41) is 3.72. The van der Waals surface area contributed by atoms with Gasteiger partial charge in [0.05, 0.1) is 6.10 Å². The first-order valence-electron chi connectivity index (χ1n) is 6.63. The first-order chi connectivity index (χ1) is 7.36. The van der Waals surface area contributed by atoms with Crippen molar-refractivity contribution in [2.24, 2.45) is 11.8 Å². The molecule has 15 heavy (non-hydrogen) atoms. The number of ether oxygens (including phenoxy) is 1. The number of rotatable bonds is 7. The van der Waals surface area contributed by atoms with E-state index in [1.54, 1.807) is 0 Å². The molecule has 2 fully saturated rings. The summed E-state index contributed by atoms with van der Waals surface area (Å²) in [7, 11) is 1.89. The third-order valence-corrected chi connectivity index (χ3v) is 4.00. The Morgan fingerprint density at radius 1 is 1.20 bits per heavy atom. The third kappa shape index (κ3) is 2.73. The molecule has 2 unspecified atom stereocenters. The van der Waals surface area contributed by atoms with Crippen LogP contribution in [0.15, 0.2) is 0 Å². The van der Waals surface area contributed by atoms with Gasteiger partial charge in [-0.05, 0) is 50.5 Å². The van der Waals surface area contributed by atoms with Gasteiger partial charge in [0.2, 0.25) is 0 Å². The van der Waals surface area contributed by atoms with Crippen molar-refractivity contribution in [3.63, 3.8) is 0 Å². The molecule has 2 aliphatic carbocycles. The molecule has 0 aromatic carbocycles. The maximum atomic E-state index is 5.73. The summed E-state index contributed by atoms with van der Waals surface area (Å²) in [6.45, 7) is 3.39. The van der Waals surface area contributed by atoms with Gasteiger partial charge in [0.15, 0.2) is 0 Å². The molecule has 2 rings (SSSR count). The molecule has 0 saturated heterocycles. The second kappa shape index (κ2) is 5.31. The van der Waals surface area contributed by atoms with Gasteiger partial charge >= 0.3 is 0 Å². The molecule has 1 N–H and O–H groups in total. The molecule has 2 atom stereocenters. The summed E-state index contributed by atoms with van der Waals surface area (Å²) in [6, 6.07) is 0.635. The van der Waals surface area contributed by atoms with E-state index < -0.39 is 0 Å². The highest BCUT2D eigenvalue weighted by Gasteiger charge is 2.41. The van der Waals surface area contributed by atoms with Crippen LogP contribution in [0.1, 0.15) is 45.4 Å². The SMILES string of the molecule is CCCNC(C1CCC1)C(OC)C1CC1. The summed E-state index contributed by atoms with van der Waals surface area (Å²) >= 11 is 0. The normalized spacial score (nSPS) is 26.0. The standard InChI is InChI=1S/C13H25NO/c1-3-9-14-12(10-5-4-6-10)13(15-2)11-7-8-11/h10-14H,3-9H2,1-2H3. The van der Waals surface area contributed by atoms with Gasteiger partial charge in [0, 0.05) is 13.2 Å². The van der Waals surface area contributed by atoms with Crippen LogP contribution in [0.25, 0.3) is 0 Å². The topological polar surface area (TPSA) is 21.3 Å². The molecule has 88 valence electrons. The smallest absolute Gasteiger partial charge is 0.0755 e. The monoisotopic (exact) mass is 211 g/mol.